The number of hydrogen-bond donors (Lipinski definition) is 1. The number of aromatic amines is 1. The first-order valence-electron chi connectivity index (χ1n) is 6.58. The van der Waals surface area contributed by atoms with Crippen LogP contribution in [0.5, 0.6) is 0 Å². The Morgan fingerprint density at radius 2 is 2.05 bits per heavy atom. The number of thiophene rings is 1. The van der Waals surface area contributed by atoms with E-state index in [1.807, 2.05) is 17.5 Å². The number of nitrogens with zero attached hydrogens (tertiary/aromatic N) is 2. The Morgan fingerprint density at radius 1 is 1.25 bits per heavy atom. The van der Waals surface area contributed by atoms with E-state index < -0.39 is 18.0 Å². The number of halogens is 3. The fourth-order valence-corrected chi connectivity index (χ4v) is 3.46. The van der Waals surface area contributed by atoms with Gasteiger partial charge in [-0.15, -0.1) is 11.3 Å². The molecule has 20 heavy (non-hydrogen) atoms. The first-order valence-corrected chi connectivity index (χ1v) is 7.46. The van der Waals surface area contributed by atoms with E-state index in [2.05, 4.69) is 15.2 Å². The largest absolute Gasteiger partial charge is 0.392 e. The minimum absolute atomic E-state index is 0.184. The maximum Gasteiger partial charge on any atom is 0.392 e. The highest BCUT2D eigenvalue weighted by Crippen LogP contribution is 2.45. The summed E-state index contributed by atoms with van der Waals surface area (Å²) in [5.74, 6) is -1.04. The van der Waals surface area contributed by atoms with Crippen LogP contribution in [0.1, 0.15) is 37.4 Å². The van der Waals surface area contributed by atoms with Gasteiger partial charge in [0.25, 0.3) is 0 Å². The number of hydrogen-bond acceptors (Lipinski definition) is 3. The van der Waals surface area contributed by atoms with Crippen molar-refractivity contribution in [1.29, 1.82) is 0 Å². The molecule has 1 saturated carbocycles. The Labute approximate surface area is 118 Å². The number of nitrogens with one attached hydrogen (secondary N) is 1. The lowest BCUT2D eigenvalue weighted by atomic mass is 9.78. The third-order valence-corrected chi connectivity index (χ3v) is 4.65. The number of H-pyrrole nitrogens is 1. The van der Waals surface area contributed by atoms with Crippen molar-refractivity contribution >= 4 is 11.3 Å². The highest BCUT2D eigenvalue weighted by molar-refractivity contribution is 7.13. The van der Waals surface area contributed by atoms with Crippen molar-refractivity contribution in [3.63, 3.8) is 0 Å². The molecule has 1 aliphatic carbocycles. The molecule has 0 radical (unpaired) electrons. The summed E-state index contributed by atoms with van der Waals surface area (Å²) in [7, 11) is 0. The molecule has 2 aromatic rings. The Hall–Kier alpha value is -1.37. The zero-order valence-electron chi connectivity index (χ0n) is 10.7. The van der Waals surface area contributed by atoms with Crippen molar-refractivity contribution in [3.8, 4) is 10.7 Å². The zero-order valence-corrected chi connectivity index (χ0v) is 11.5. The minimum Gasteiger partial charge on any atom is -0.262 e. The van der Waals surface area contributed by atoms with Crippen LogP contribution in [0.25, 0.3) is 10.7 Å². The summed E-state index contributed by atoms with van der Waals surface area (Å²) in [6.07, 6.45) is -2.02. The van der Waals surface area contributed by atoms with Crippen molar-refractivity contribution in [2.24, 2.45) is 5.92 Å². The van der Waals surface area contributed by atoms with E-state index in [1.54, 1.807) is 0 Å². The van der Waals surface area contributed by atoms with Crippen molar-refractivity contribution in [3.05, 3.63) is 23.3 Å². The lowest BCUT2D eigenvalue weighted by Gasteiger charge is -2.31. The SMILES string of the molecule is FC(F)(F)C1CCCCC1c1nc(-c2cccs2)n[nH]1. The fraction of sp³-hybridized carbons (Fsp3) is 0.538. The summed E-state index contributed by atoms with van der Waals surface area (Å²) < 4.78 is 39.3. The van der Waals surface area contributed by atoms with E-state index in [4.69, 9.17) is 0 Å². The highest BCUT2D eigenvalue weighted by atomic mass is 32.1. The van der Waals surface area contributed by atoms with Gasteiger partial charge in [-0.2, -0.15) is 18.3 Å². The molecule has 2 atom stereocenters. The van der Waals surface area contributed by atoms with E-state index in [0.29, 0.717) is 24.5 Å². The van der Waals surface area contributed by atoms with Crippen LogP contribution in [-0.4, -0.2) is 21.4 Å². The second-order valence-corrected chi connectivity index (χ2v) is 6.01. The second kappa shape index (κ2) is 5.20. The lowest BCUT2D eigenvalue weighted by Crippen LogP contribution is -2.32. The summed E-state index contributed by atoms with van der Waals surface area (Å²) in [6, 6.07) is 3.73. The van der Waals surface area contributed by atoms with Crippen LogP contribution >= 0.6 is 11.3 Å². The molecule has 2 heterocycles. The molecule has 0 saturated heterocycles. The predicted octanol–water partition coefficient (Wildman–Crippen LogP) is 4.37. The average Bonchev–Trinajstić information content (AvgIpc) is 3.09. The Balaban J connectivity index is 1.87. The van der Waals surface area contributed by atoms with Crippen LogP contribution in [0.3, 0.4) is 0 Å². The summed E-state index contributed by atoms with van der Waals surface area (Å²) >= 11 is 1.48. The maximum absolute atomic E-state index is 13.1. The number of aromatic nitrogens is 3. The van der Waals surface area contributed by atoms with Crippen molar-refractivity contribution in [2.75, 3.05) is 0 Å². The standard InChI is InChI=1S/C13H14F3N3S/c14-13(15,16)9-5-2-1-4-8(9)11-17-12(19-18-11)10-6-3-7-20-10/h3,6-9H,1-2,4-5H2,(H,17,18,19). The molecule has 108 valence electrons. The number of rotatable bonds is 2. The molecule has 1 aliphatic rings. The molecule has 0 aromatic carbocycles. The Kier molecular flexibility index (Phi) is 3.54. The van der Waals surface area contributed by atoms with E-state index in [1.165, 1.54) is 11.3 Å². The molecule has 0 spiro atoms. The normalized spacial score (nSPS) is 23.9. The Morgan fingerprint density at radius 3 is 2.75 bits per heavy atom. The van der Waals surface area contributed by atoms with Gasteiger partial charge in [0.1, 0.15) is 5.82 Å². The van der Waals surface area contributed by atoms with Gasteiger partial charge < -0.3 is 0 Å². The molecular formula is C13H14F3N3S. The molecule has 0 aliphatic heterocycles. The third-order valence-electron chi connectivity index (χ3n) is 3.78. The van der Waals surface area contributed by atoms with E-state index in [9.17, 15) is 13.2 Å². The molecule has 3 nitrogen and oxygen atoms in total. The van der Waals surface area contributed by atoms with Gasteiger partial charge in [0.05, 0.1) is 10.8 Å². The molecular weight excluding hydrogens is 287 g/mol. The smallest absolute Gasteiger partial charge is 0.262 e. The molecule has 3 rings (SSSR count). The van der Waals surface area contributed by atoms with E-state index in [0.717, 1.165) is 11.3 Å². The fourth-order valence-electron chi connectivity index (χ4n) is 2.81. The average molecular weight is 301 g/mol. The molecule has 1 N–H and O–H groups in total. The highest BCUT2D eigenvalue weighted by Gasteiger charge is 2.47. The van der Waals surface area contributed by atoms with Gasteiger partial charge in [-0.25, -0.2) is 4.98 Å². The first kappa shape index (κ1) is 13.6. The third kappa shape index (κ3) is 2.59. The van der Waals surface area contributed by atoms with Gasteiger partial charge in [-0.1, -0.05) is 18.9 Å². The summed E-state index contributed by atoms with van der Waals surface area (Å²) in [5.41, 5.74) is 0. The van der Waals surface area contributed by atoms with Gasteiger partial charge >= 0.3 is 6.18 Å². The molecule has 7 heteroatoms. The molecule has 2 unspecified atom stereocenters. The van der Waals surface area contributed by atoms with Gasteiger partial charge in [0, 0.05) is 5.92 Å². The monoisotopic (exact) mass is 301 g/mol. The molecule has 2 aromatic heterocycles. The predicted molar refractivity (Wildman–Crippen MR) is 70.4 cm³/mol. The van der Waals surface area contributed by atoms with Gasteiger partial charge in [0.15, 0.2) is 5.82 Å². The summed E-state index contributed by atoms with van der Waals surface area (Å²) in [5, 5.41) is 8.66. The van der Waals surface area contributed by atoms with E-state index in [-0.39, 0.29) is 6.42 Å². The summed E-state index contributed by atoms with van der Waals surface area (Å²) in [4.78, 5) is 5.15. The van der Waals surface area contributed by atoms with E-state index >= 15 is 0 Å². The topological polar surface area (TPSA) is 41.6 Å². The Bertz CT molecular complexity index is 562. The van der Waals surface area contributed by atoms with Crippen LogP contribution in [0.15, 0.2) is 17.5 Å². The van der Waals surface area contributed by atoms with Crippen molar-refractivity contribution in [2.45, 2.75) is 37.8 Å². The van der Waals surface area contributed by atoms with Crippen LogP contribution in [-0.2, 0) is 0 Å². The van der Waals surface area contributed by atoms with Crippen LogP contribution in [0.2, 0.25) is 0 Å². The van der Waals surface area contributed by atoms with Crippen LogP contribution in [0, 0.1) is 5.92 Å². The van der Waals surface area contributed by atoms with Crippen molar-refractivity contribution < 1.29 is 13.2 Å². The molecule has 1 fully saturated rings. The zero-order chi connectivity index (χ0) is 14.2. The molecule has 0 amide bonds. The van der Waals surface area contributed by atoms with Crippen LogP contribution < -0.4 is 0 Å². The van der Waals surface area contributed by atoms with Crippen LogP contribution in [0.4, 0.5) is 13.2 Å². The molecule has 0 bridgehead atoms. The minimum atomic E-state index is -4.17. The maximum atomic E-state index is 13.1. The lowest BCUT2D eigenvalue weighted by molar-refractivity contribution is -0.187. The van der Waals surface area contributed by atoms with Gasteiger partial charge in [0.2, 0.25) is 0 Å². The quantitative estimate of drug-likeness (QED) is 0.895. The number of alkyl halides is 3. The van der Waals surface area contributed by atoms with Gasteiger partial charge in [-0.05, 0) is 24.3 Å². The second-order valence-electron chi connectivity index (χ2n) is 5.06. The van der Waals surface area contributed by atoms with Crippen molar-refractivity contribution in [1.82, 2.24) is 15.2 Å². The van der Waals surface area contributed by atoms with Gasteiger partial charge in [-0.3, -0.25) is 5.10 Å². The summed E-state index contributed by atoms with van der Waals surface area (Å²) in [6.45, 7) is 0. The first-order chi connectivity index (χ1) is 9.55.